The first-order valence-electron chi connectivity index (χ1n) is 16.0. The lowest BCUT2D eigenvalue weighted by Crippen LogP contribution is -2.57. The van der Waals surface area contributed by atoms with Gasteiger partial charge in [0.2, 0.25) is 17.7 Å². The number of aryl methyl sites for hydroxylation is 1. The van der Waals surface area contributed by atoms with Crippen LogP contribution in [0.25, 0.3) is 0 Å². The summed E-state index contributed by atoms with van der Waals surface area (Å²) in [7, 11) is 0. The molecule has 8 heteroatoms. The van der Waals surface area contributed by atoms with Crippen molar-refractivity contribution < 1.29 is 14.4 Å². The van der Waals surface area contributed by atoms with Gasteiger partial charge in [0.05, 0.1) is 11.8 Å². The molecule has 1 aliphatic heterocycles. The maximum Gasteiger partial charge on any atom is 0.243 e. The van der Waals surface area contributed by atoms with E-state index in [9.17, 15) is 14.4 Å². The molecule has 6 nitrogen and oxygen atoms in total. The van der Waals surface area contributed by atoms with E-state index in [-0.39, 0.29) is 35.7 Å². The van der Waals surface area contributed by atoms with Crippen LogP contribution in [0.2, 0.25) is 10.0 Å². The van der Waals surface area contributed by atoms with E-state index in [1.54, 1.807) is 23.1 Å². The number of carbonyl (C=O) groups excluding carboxylic acids is 3. The highest BCUT2D eigenvalue weighted by atomic mass is 35.5. The summed E-state index contributed by atoms with van der Waals surface area (Å²) in [6.07, 6.45) is 8.68. The lowest BCUT2D eigenvalue weighted by atomic mass is 9.61. The van der Waals surface area contributed by atoms with Gasteiger partial charge in [-0.2, -0.15) is 0 Å². The van der Waals surface area contributed by atoms with Crippen LogP contribution in [0.4, 0.5) is 5.69 Å². The maximum atomic E-state index is 14.6. The standard InChI is InChI=1S/C36H45Cl2N3O3/c1-21-10-9-13-29(24(21)4)40-34(43)32-36(5)17-16-22(2)30(33(42)39-28-19-26(37)18-27(38)20-28)31(36)35(44)41(32)23(3)14-15-25-11-7-6-8-12-25/h6-8,11-12,16-24,29-32H,9-10,13-15H2,1-5H3,(H,39,42)(H,40,43). The van der Waals surface area contributed by atoms with E-state index in [0.717, 1.165) is 25.7 Å². The third kappa shape index (κ3) is 6.44. The fraction of sp³-hybridized carbons (Fsp3) is 0.528. The van der Waals surface area contributed by atoms with Crippen molar-refractivity contribution >= 4 is 46.6 Å². The van der Waals surface area contributed by atoms with Crippen molar-refractivity contribution in [3.05, 3.63) is 76.3 Å². The second-order valence-corrected chi connectivity index (χ2v) is 14.5. The summed E-state index contributed by atoms with van der Waals surface area (Å²) in [5, 5.41) is 7.18. The molecule has 3 amide bonds. The van der Waals surface area contributed by atoms with E-state index in [0.29, 0.717) is 34.0 Å². The first kappa shape index (κ1) is 32.6. The van der Waals surface area contributed by atoms with Gasteiger partial charge in [-0.3, -0.25) is 14.4 Å². The van der Waals surface area contributed by atoms with Crippen molar-refractivity contribution in [3.8, 4) is 0 Å². The molecule has 2 aromatic carbocycles. The minimum Gasteiger partial charge on any atom is -0.351 e. The molecule has 5 rings (SSSR count). The highest BCUT2D eigenvalue weighted by molar-refractivity contribution is 6.35. The molecule has 2 N–H and O–H groups in total. The molecule has 1 heterocycles. The SMILES string of the molecule is CC1C=CC2(C)C(C(=O)N(C(C)CCc3ccccc3)C2C(=O)NC2CCCC(C)C2C)C1C(=O)Nc1cc(Cl)cc(Cl)c1. The molecule has 2 aromatic rings. The molecule has 9 unspecified atom stereocenters. The summed E-state index contributed by atoms with van der Waals surface area (Å²) in [6.45, 7) is 10.4. The van der Waals surface area contributed by atoms with Gasteiger partial charge in [0, 0.05) is 33.2 Å². The molecule has 0 aromatic heterocycles. The summed E-state index contributed by atoms with van der Waals surface area (Å²) in [5.41, 5.74) is 0.794. The maximum absolute atomic E-state index is 14.6. The summed E-state index contributed by atoms with van der Waals surface area (Å²) in [4.78, 5) is 44.8. The Morgan fingerprint density at radius 1 is 1.02 bits per heavy atom. The normalized spacial score (nSPS) is 32.2. The average Bonchev–Trinajstić information content (AvgIpc) is 3.21. The molecule has 2 fully saturated rings. The minimum absolute atomic E-state index is 0.0589. The predicted molar refractivity (Wildman–Crippen MR) is 177 cm³/mol. The predicted octanol–water partition coefficient (Wildman–Crippen LogP) is 7.55. The highest BCUT2D eigenvalue weighted by Crippen LogP contribution is 2.53. The van der Waals surface area contributed by atoms with Gasteiger partial charge in [-0.25, -0.2) is 0 Å². The van der Waals surface area contributed by atoms with Crippen LogP contribution in [-0.4, -0.2) is 40.7 Å². The molecule has 0 radical (unpaired) electrons. The Hall–Kier alpha value is -2.83. The largest absolute Gasteiger partial charge is 0.351 e. The molecule has 1 saturated carbocycles. The van der Waals surface area contributed by atoms with Crippen molar-refractivity contribution in [2.75, 3.05) is 5.32 Å². The Balaban J connectivity index is 1.48. The quantitative estimate of drug-likeness (QED) is 0.293. The van der Waals surface area contributed by atoms with Gasteiger partial charge in [-0.15, -0.1) is 0 Å². The lowest BCUT2D eigenvalue weighted by Gasteiger charge is -2.42. The van der Waals surface area contributed by atoms with Gasteiger partial charge in [-0.1, -0.05) is 106 Å². The number of benzene rings is 2. The number of halogens is 2. The second kappa shape index (κ2) is 13.3. The van der Waals surface area contributed by atoms with Crippen molar-refractivity contribution in [2.45, 2.75) is 84.8 Å². The van der Waals surface area contributed by atoms with Crippen LogP contribution in [0.15, 0.2) is 60.7 Å². The Morgan fingerprint density at radius 3 is 2.39 bits per heavy atom. The molecule has 0 spiro atoms. The van der Waals surface area contributed by atoms with Gasteiger partial charge in [0.1, 0.15) is 6.04 Å². The van der Waals surface area contributed by atoms with E-state index >= 15 is 0 Å². The smallest absolute Gasteiger partial charge is 0.243 e. The van der Waals surface area contributed by atoms with Crippen molar-refractivity contribution in [1.82, 2.24) is 10.2 Å². The number of hydrogen-bond donors (Lipinski definition) is 2. The average molecular weight is 639 g/mol. The van der Waals surface area contributed by atoms with Crippen molar-refractivity contribution in [2.24, 2.45) is 35.0 Å². The fourth-order valence-electron chi connectivity index (χ4n) is 7.87. The third-order valence-corrected chi connectivity index (χ3v) is 11.1. The summed E-state index contributed by atoms with van der Waals surface area (Å²) < 4.78 is 0. The molecule has 236 valence electrons. The molecule has 1 saturated heterocycles. The van der Waals surface area contributed by atoms with E-state index in [1.165, 1.54) is 5.56 Å². The number of allylic oxidation sites excluding steroid dienone is 1. The van der Waals surface area contributed by atoms with Crippen molar-refractivity contribution in [1.29, 1.82) is 0 Å². The van der Waals surface area contributed by atoms with Crippen LogP contribution in [0.3, 0.4) is 0 Å². The van der Waals surface area contributed by atoms with Crippen LogP contribution < -0.4 is 10.6 Å². The van der Waals surface area contributed by atoms with Crippen LogP contribution in [0, 0.1) is 35.0 Å². The van der Waals surface area contributed by atoms with Gasteiger partial charge in [-0.05, 0) is 67.7 Å². The Morgan fingerprint density at radius 2 is 1.70 bits per heavy atom. The van der Waals surface area contributed by atoms with Gasteiger partial charge >= 0.3 is 0 Å². The number of fused-ring (bicyclic) bond motifs is 1. The number of likely N-dealkylation sites (tertiary alicyclic amines) is 1. The second-order valence-electron chi connectivity index (χ2n) is 13.6. The van der Waals surface area contributed by atoms with E-state index < -0.39 is 23.3 Å². The molecule has 3 aliphatic rings. The van der Waals surface area contributed by atoms with Gasteiger partial charge in [0.25, 0.3) is 0 Å². The number of carbonyl (C=O) groups is 3. The molecule has 0 bridgehead atoms. The molecule has 2 aliphatic carbocycles. The van der Waals surface area contributed by atoms with Crippen LogP contribution >= 0.6 is 23.2 Å². The number of rotatable bonds is 8. The number of nitrogens with one attached hydrogen (secondary N) is 2. The fourth-order valence-corrected chi connectivity index (χ4v) is 8.40. The van der Waals surface area contributed by atoms with Gasteiger partial charge < -0.3 is 15.5 Å². The van der Waals surface area contributed by atoms with Gasteiger partial charge in [0.15, 0.2) is 0 Å². The number of anilines is 1. The summed E-state index contributed by atoms with van der Waals surface area (Å²) >= 11 is 12.4. The van der Waals surface area contributed by atoms with E-state index in [4.69, 9.17) is 23.2 Å². The third-order valence-electron chi connectivity index (χ3n) is 10.6. The zero-order valence-electron chi connectivity index (χ0n) is 26.4. The first-order chi connectivity index (χ1) is 20.9. The van der Waals surface area contributed by atoms with Crippen LogP contribution in [-0.2, 0) is 20.8 Å². The van der Waals surface area contributed by atoms with E-state index in [1.807, 2.05) is 51.1 Å². The Labute approximate surface area is 271 Å². The monoisotopic (exact) mass is 637 g/mol. The zero-order chi connectivity index (χ0) is 31.8. The highest BCUT2D eigenvalue weighted by Gasteiger charge is 2.64. The summed E-state index contributed by atoms with van der Waals surface area (Å²) in [5.74, 6) is -1.26. The zero-order valence-corrected chi connectivity index (χ0v) is 27.9. The number of nitrogens with zero attached hydrogens (tertiary/aromatic N) is 1. The number of hydrogen-bond acceptors (Lipinski definition) is 3. The number of amides is 3. The molecule has 9 atom stereocenters. The Kier molecular flexibility index (Phi) is 9.81. The lowest BCUT2D eigenvalue weighted by molar-refractivity contribution is -0.141. The van der Waals surface area contributed by atoms with E-state index in [2.05, 4.69) is 36.6 Å². The topological polar surface area (TPSA) is 78.5 Å². The molecular weight excluding hydrogens is 593 g/mol. The van der Waals surface area contributed by atoms with Crippen molar-refractivity contribution in [3.63, 3.8) is 0 Å². The minimum atomic E-state index is -0.869. The summed E-state index contributed by atoms with van der Waals surface area (Å²) in [6, 6.07) is 14.2. The van der Waals surface area contributed by atoms with Crippen LogP contribution in [0.5, 0.6) is 0 Å². The molecular formula is C36H45Cl2N3O3. The first-order valence-corrected chi connectivity index (χ1v) is 16.8. The Bertz CT molecular complexity index is 1390. The molecule has 44 heavy (non-hydrogen) atoms. The van der Waals surface area contributed by atoms with Crippen LogP contribution in [0.1, 0.15) is 65.9 Å².